The number of amides is 1. The molecule has 1 heterocycles. The number of hydrogen-bond acceptors (Lipinski definition) is 3. The van der Waals surface area contributed by atoms with Gasteiger partial charge in [-0.1, -0.05) is 12.8 Å². The van der Waals surface area contributed by atoms with Crippen LogP contribution in [0.2, 0.25) is 0 Å². The van der Waals surface area contributed by atoms with Gasteiger partial charge in [0, 0.05) is 32.1 Å². The average Bonchev–Trinajstić information content (AvgIpc) is 2.97. The Kier molecular flexibility index (Phi) is 5.43. The lowest BCUT2D eigenvalue weighted by atomic mass is 10.1. The van der Waals surface area contributed by atoms with Crippen molar-refractivity contribution in [3.8, 4) is 0 Å². The van der Waals surface area contributed by atoms with Gasteiger partial charge in [-0.3, -0.25) is 4.79 Å². The second kappa shape index (κ2) is 7.41. The van der Waals surface area contributed by atoms with Crippen LogP contribution in [0.3, 0.4) is 0 Å². The van der Waals surface area contributed by atoms with E-state index in [4.69, 9.17) is 0 Å². The van der Waals surface area contributed by atoms with Crippen LogP contribution in [0.4, 0.5) is 4.39 Å². The normalized spacial score (nSPS) is 20.6. The van der Waals surface area contributed by atoms with Gasteiger partial charge in [0.05, 0.1) is 4.90 Å². The molecule has 25 heavy (non-hydrogen) atoms. The first-order valence-electron chi connectivity index (χ1n) is 8.94. The molecule has 0 bridgehead atoms. The molecule has 0 atom stereocenters. The highest BCUT2D eigenvalue weighted by molar-refractivity contribution is 7.89. The summed E-state index contributed by atoms with van der Waals surface area (Å²) in [5.41, 5.74) is 0.406. The highest BCUT2D eigenvalue weighted by atomic mass is 32.2. The Hall–Kier alpha value is -1.47. The summed E-state index contributed by atoms with van der Waals surface area (Å²) in [6.45, 7) is 3.30. The van der Waals surface area contributed by atoms with Crippen molar-refractivity contribution in [3.63, 3.8) is 0 Å². The van der Waals surface area contributed by atoms with Gasteiger partial charge in [0.2, 0.25) is 15.9 Å². The van der Waals surface area contributed by atoms with Crippen LogP contribution in [-0.2, 0) is 14.8 Å². The van der Waals surface area contributed by atoms with Crippen LogP contribution in [0.15, 0.2) is 23.1 Å². The van der Waals surface area contributed by atoms with Crippen LogP contribution in [0.1, 0.15) is 37.7 Å². The third kappa shape index (κ3) is 3.87. The van der Waals surface area contributed by atoms with E-state index in [1.807, 2.05) is 4.90 Å². The lowest BCUT2D eigenvalue weighted by molar-refractivity contribution is -0.135. The molecule has 1 aromatic rings. The van der Waals surface area contributed by atoms with Crippen molar-refractivity contribution in [2.45, 2.75) is 43.9 Å². The molecule has 0 aromatic heterocycles. The Morgan fingerprint density at radius 2 is 1.80 bits per heavy atom. The van der Waals surface area contributed by atoms with Crippen LogP contribution in [0, 0.1) is 18.7 Å². The Balaban J connectivity index is 1.72. The van der Waals surface area contributed by atoms with Crippen molar-refractivity contribution in [3.05, 3.63) is 29.6 Å². The minimum atomic E-state index is -3.67. The standard InChI is InChI=1S/C18H25FN2O3S/c1-14-13-16(19)7-8-17(14)25(23,24)21-10-4-9-20(11-12-21)18(22)15-5-2-3-6-15/h7-8,13,15H,2-6,9-12H2,1H3. The zero-order valence-corrected chi connectivity index (χ0v) is 15.4. The van der Waals surface area contributed by atoms with Crippen molar-refractivity contribution < 1.29 is 17.6 Å². The summed E-state index contributed by atoms with van der Waals surface area (Å²) in [6.07, 6.45) is 4.74. The predicted molar refractivity (Wildman–Crippen MR) is 93.1 cm³/mol. The Morgan fingerprint density at radius 1 is 1.08 bits per heavy atom. The highest BCUT2D eigenvalue weighted by Gasteiger charge is 2.32. The second-order valence-corrected chi connectivity index (χ2v) is 8.88. The molecule has 5 nitrogen and oxygen atoms in total. The zero-order valence-electron chi connectivity index (χ0n) is 14.6. The van der Waals surface area contributed by atoms with Crippen molar-refractivity contribution >= 4 is 15.9 Å². The van der Waals surface area contributed by atoms with E-state index in [1.54, 1.807) is 6.92 Å². The van der Waals surface area contributed by atoms with Crippen LogP contribution in [0.25, 0.3) is 0 Å². The summed E-state index contributed by atoms with van der Waals surface area (Å²) in [4.78, 5) is 14.6. The Morgan fingerprint density at radius 3 is 2.48 bits per heavy atom. The monoisotopic (exact) mass is 368 g/mol. The molecule has 2 fully saturated rings. The molecule has 1 saturated heterocycles. The number of benzene rings is 1. The van der Waals surface area contributed by atoms with Crippen molar-refractivity contribution in [1.29, 1.82) is 0 Å². The first-order valence-corrected chi connectivity index (χ1v) is 10.4. The predicted octanol–water partition coefficient (Wildman–Crippen LogP) is 2.55. The molecule has 138 valence electrons. The molecular formula is C18H25FN2O3S. The summed E-state index contributed by atoms with van der Waals surface area (Å²) in [5, 5.41) is 0. The van der Waals surface area contributed by atoms with Gasteiger partial charge >= 0.3 is 0 Å². The molecule has 1 amide bonds. The van der Waals surface area contributed by atoms with Gasteiger partial charge in [-0.25, -0.2) is 12.8 Å². The summed E-state index contributed by atoms with van der Waals surface area (Å²) in [7, 11) is -3.67. The lowest BCUT2D eigenvalue weighted by Gasteiger charge is -2.24. The molecule has 0 N–H and O–H groups in total. The van der Waals surface area contributed by atoms with Gasteiger partial charge in [-0.2, -0.15) is 4.31 Å². The van der Waals surface area contributed by atoms with E-state index in [9.17, 15) is 17.6 Å². The third-order valence-corrected chi connectivity index (χ3v) is 7.28. The van der Waals surface area contributed by atoms with Crippen LogP contribution >= 0.6 is 0 Å². The first kappa shape index (κ1) is 18.3. The maximum absolute atomic E-state index is 13.3. The van der Waals surface area contributed by atoms with E-state index in [-0.39, 0.29) is 23.3 Å². The SMILES string of the molecule is Cc1cc(F)ccc1S(=O)(=O)N1CCCN(C(=O)C2CCCC2)CC1. The Bertz CT molecular complexity index is 745. The summed E-state index contributed by atoms with van der Waals surface area (Å²) < 4.78 is 40.5. The van der Waals surface area contributed by atoms with Gasteiger partial charge < -0.3 is 4.90 Å². The second-order valence-electron chi connectivity index (χ2n) is 6.97. The van der Waals surface area contributed by atoms with Crippen LogP contribution in [0.5, 0.6) is 0 Å². The molecule has 2 aliphatic rings. The van der Waals surface area contributed by atoms with Gasteiger partial charge in [0.25, 0.3) is 0 Å². The van der Waals surface area contributed by atoms with Crippen molar-refractivity contribution in [2.24, 2.45) is 5.92 Å². The summed E-state index contributed by atoms with van der Waals surface area (Å²) in [5.74, 6) is -0.155. The number of aryl methyl sites for hydroxylation is 1. The third-order valence-electron chi connectivity index (χ3n) is 5.23. The molecule has 1 saturated carbocycles. The topological polar surface area (TPSA) is 57.7 Å². The van der Waals surface area contributed by atoms with E-state index in [2.05, 4.69) is 0 Å². The fourth-order valence-corrected chi connectivity index (χ4v) is 5.50. The fourth-order valence-electron chi connectivity index (χ4n) is 3.83. The minimum Gasteiger partial charge on any atom is -0.341 e. The number of halogens is 1. The van der Waals surface area contributed by atoms with Crippen molar-refractivity contribution in [2.75, 3.05) is 26.2 Å². The van der Waals surface area contributed by atoms with Gasteiger partial charge in [0.15, 0.2) is 0 Å². The first-order chi connectivity index (χ1) is 11.9. The van der Waals surface area contributed by atoms with Crippen LogP contribution in [-0.4, -0.2) is 49.7 Å². The van der Waals surface area contributed by atoms with Gasteiger partial charge in [-0.15, -0.1) is 0 Å². The molecule has 1 aliphatic heterocycles. The number of sulfonamides is 1. The number of hydrogen-bond donors (Lipinski definition) is 0. The molecule has 7 heteroatoms. The van der Waals surface area contributed by atoms with E-state index in [1.165, 1.54) is 22.5 Å². The Labute approximate surface area is 148 Å². The molecule has 0 radical (unpaired) electrons. The molecule has 3 rings (SSSR count). The van der Waals surface area contributed by atoms with Gasteiger partial charge in [0.1, 0.15) is 5.82 Å². The lowest BCUT2D eigenvalue weighted by Crippen LogP contribution is -2.39. The average molecular weight is 368 g/mol. The molecule has 0 spiro atoms. The summed E-state index contributed by atoms with van der Waals surface area (Å²) >= 11 is 0. The fraction of sp³-hybridized carbons (Fsp3) is 0.611. The van der Waals surface area contributed by atoms with E-state index < -0.39 is 15.8 Å². The summed E-state index contributed by atoms with van der Waals surface area (Å²) in [6, 6.07) is 3.74. The maximum Gasteiger partial charge on any atom is 0.243 e. The number of nitrogens with zero attached hydrogens (tertiary/aromatic N) is 2. The number of rotatable bonds is 3. The molecule has 1 aliphatic carbocycles. The quantitative estimate of drug-likeness (QED) is 0.824. The molecule has 0 unspecified atom stereocenters. The van der Waals surface area contributed by atoms with Gasteiger partial charge in [-0.05, 0) is 49.9 Å². The largest absolute Gasteiger partial charge is 0.341 e. The number of carbonyl (C=O) groups excluding carboxylic acids is 1. The smallest absolute Gasteiger partial charge is 0.243 e. The van der Waals surface area contributed by atoms with E-state index in [0.29, 0.717) is 31.6 Å². The molecular weight excluding hydrogens is 343 g/mol. The maximum atomic E-state index is 13.3. The zero-order chi connectivity index (χ0) is 18.0. The van der Waals surface area contributed by atoms with Crippen LogP contribution < -0.4 is 0 Å². The van der Waals surface area contributed by atoms with Crippen molar-refractivity contribution in [1.82, 2.24) is 9.21 Å². The minimum absolute atomic E-state index is 0.113. The van der Waals surface area contributed by atoms with E-state index >= 15 is 0 Å². The number of carbonyl (C=O) groups is 1. The van der Waals surface area contributed by atoms with E-state index in [0.717, 1.165) is 25.7 Å². The molecule has 1 aromatic carbocycles. The highest BCUT2D eigenvalue weighted by Crippen LogP contribution is 2.27.